The van der Waals surface area contributed by atoms with Crippen LogP contribution in [-0.2, 0) is 18.2 Å². The van der Waals surface area contributed by atoms with E-state index in [0.29, 0.717) is 12.1 Å². The fraction of sp³-hybridized carbons (Fsp3) is 0.812. The molecule has 4 nitrogen and oxygen atoms in total. The lowest BCUT2D eigenvalue weighted by Gasteiger charge is -2.18. The maximum Gasteiger partial charge on any atom is 0.0628 e. The molecule has 1 N–H and O–H groups in total. The van der Waals surface area contributed by atoms with Crippen LogP contribution in [0, 0.1) is 13.8 Å². The summed E-state index contributed by atoms with van der Waals surface area (Å²) in [6, 6.07) is 0.582. The maximum atomic E-state index is 5.71. The molecule has 0 spiro atoms. The van der Waals surface area contributed by atoms with Gasteiger partial charge < -0.3 is 10.1 Å². The maximum absolute atomic E-state index is 5.71. The van der Waals surface area contributed by atoms with Crippen LogP contribution in [0.3, 0.4) is 0 Å². The average Bonchev–Trinajstić information content (AvgIpc) is 3.02. The van der Waals surface area contributed by atoms with Gasteiger partial charge in [-0.25, -0.2) is 0 Å². The van der Waals surface area contributed by atoms with Crippen molar-refractivity contribution in [1.29, 1.82) is 0 Å². The van der Waals surface area contributed by atoms with E-state index in [1.807, 2.05) is 11.7 Å². The molecule has 1 aliphatic heterocycles. The van der Waals surface area contributed by atoms with Gasteiger partial charge in [-0.2, -0.15) is 5.10 Å². The van der Waals surface area contributed by atoms with Crippen LogP contribution in [0.1, 0.15) is 49.1 Å². The number of ether oxygens (including phenoxy) is 1. The van der Waals surface area contributed by atoms with E-state index in [4.69, 9.17) is 4.74 Å². The molecule has 1 saturated heterocycles. The van der Waals surface area contributed by atoms with Gasteiger partial charge in [-0.15, -0.1) is 0 Å². The zero-order valence-corrected chi connectivity index (χ0v) is 13.4. The molecule has 0 bridgehead atoms. The van der Waals surface area contributed by atoms with E-state index in [9.17, 15) is 0 Å². The second-order valence-corrected chi connectivity index (χ2v) is 6.01. The summed E-state index contributed by atoms with van der Waals surface area (Å²) in [6.45, 7) is 5.24. The van der Waals surface area contributed by atoms with E-state index in [-0.39, 0.29) is 0 Å². The SMILES string of the molecule is CNC(CCc1c(C)nn(C)c1C)CCC1CCCO1. The van der Waals surface area contributed by atoms with Crippen molar-refractivity contribution in [2.24, 2.45) is 7.05 Å². The first-order valence-electron chi connectivity index (χ1n) is 7.89. The Morgan fingerprint density at radius 1 is 1.40 bits per heavy atom. The summed E-state index contributed by atoms with van der Waals surface area (Å²) in [5.41, 5.74) is 3.90. The lowest BCUT2D eigenvalue weighted by atomic mass is 9.98. The van der Waals surface area contributed by atoms with Gasteiger partial charge in [0.25, 0.3) is 0 Å². The first-order valence-corrected chi connectivity index (χ1v) is 7.89. The summed E-state index contributed by atoms with van der Waals surface area (Å²) in [6.07, 6.45) is 7.68. The summed E-state index contributed by atoms with van der Waals surface area (Å²) >= 11 is 0. The molecule has 20 heavy (non-hydrogen) atoms. The van der Waals surface area contributed by atoms with Crippen LogP contribution in [-0.4, -0.2) is 35.6 Å². The molecular weight excluding hydrogens is 250 g/mol. The quantitative estimate of drug-likeness (QED) is 0.833. The third kappa shape index (κ3) is 3.83. The van der Waals surface area contributed by atoms with E-state index < -0.39 is 0 Å². The van der Waals surface area contributed by atoms with Crippen molar-refractivity contribution in [3.8, 4) is 0 Å². The average molecular weight is 279 g/mol. The standard InChI is InChI=1S/C16H29N3O/c1-12-16(13(2)19(4)18-12)10-8-14(17-3)7-9-15-6-5-11-20-15/h14-15,17H,5-11H2,1-4H3. The van der Waals surface area contributed by atoms with E-state index in [2.05, 4.69) is 31.3 Å². The van der Waals surface area contributed by atoms with Gasteiger partial charge in [0.15, 0.2) is 0 Å². The third-order valence-electron chi connectivity index (χ3n) is 4.67. The normalized spacial score (nSPS) is 20.5. The van der Waals surface area contributed by atoms with Gasteiger partial charge in [-0.05, 0) is 65.0 Å². The lowest BCUT2D eigenvalue weighted by molar-refractivity contribution is 0.0995. The van der Waals surface area contributed by atoms with Gasteiger partial charge >= 0.3 is 0 Å². The Morgan fingerprint density at radius 3 is 2.75 bits per heavy atom. The third-order valence-corrected chi connectivity index (χ3v) is 4.67. The lowest BCUT2D eigenvalue weighted by Crippen LogP contribution is -2.27. The molecule has 114 valence electrons. The first-order chi connectivity index (χ1) is 9.61. The van der Waals surface area contributed by atoms with Crippen molar-refractivity contribution in [3.05, 3.63) is 17.0 Å². The Morgan fingerprint density at radius 2 is 2.20 bits per heavy atom. The van der Waals surface area contributed by atoms with Gasteiger partial charge in [0.1, 0.15) is 0 Å². The first kappa shape index (κ1) is 15.5. The van der Waals surface area contributed by atoms with Crippen molar-refractivity contribution in [2.45, 2.75) is 64.5 Å². The molecule has 2 atom stereocenters. The molecule has 1 aromatic rings. The molecule has 1 fully saturated rings. The number of rotatable bonds is 7. The molecule has 0 aliphatic carbocycles. The second kappa shape index (κ2) is 7.23. The Balaban J connectivity index is 1.80. The number of nitrogens with one attached hydrogen (secondary N) is 1. The predicted molar refractivity (Wildman–Crippen MR) is 82.1 cm³/mol. The Kier molecular flexibility index (Phi) is 5.61. The largest absolute Gasteiger partial charge is 0.378 e. The molecule has 0 amide bonds. The summed E-state index contributed by atoms with van der Waals surface area (Å²) in [5.74, 6) is 0. The van der Waals surface area contributed by atoms with Crippen LogP contribution < -0.4 is 5.32 Å². The van der Waals surface area contributed by atoms with Gasteiger partial charge in [0.2, 0.25) is 0 Å². The Hall–Kier alpha value is -0.870. The minimum atomic E-state index is 0.507. The second-order valence-electron chi connectivity index (χ2n) is 6.01. The topological polar surface area (TPSA) is 39.1 Å². The van der Waals surface area contributed by atoms with Crippen LogP contribution in [0.5, 0.6) is 0 Å². The minimum Gasteiger partial charge on any atom is -0.378 e. The molecule has 2 rings (SSSR count). The van der Waals surface area contributed by atoms with E-state index in [0.717, 1.165) is 13.0 Å². The molecule has 1 aromatic heterocycles. The zero-order valence-electron chi connectivity index (χ0n) is 13.4. The summed E-state index contributed by atoms with van der Waals surface area (Å²) in [5, 5.41) is 7.96. The zero-order chi connectivity index (χ0) is 14.5. The number of aryl methyl sites for hydroxylation is 2. The van der Waals surface area contributed by atoms with Gasteiger partial charge in [-0.1, -0.05) is 0 Å². The molecule has 1 aliphatic rings. The number of nitrogens with zero attached hydrogens (tertiary/aromatic N) is 2. The van der Waals surface area contributed by atoms with Crippen LogP contribution >= 0.6 is 0 Å². The summed E-state index contributed by atoms with van der Waals surface area (Å²) < 4.78 is 7.70. The predicted octanol–water partition coefficient (Wildman–Crippen LogP) is 2.52. The van der Waals surface area contributed by atoms with E-state index >= 15 is 0 Å². The van der Waals surface area contributed by atoms with E-state index in [1.54, 1.807) is 0 Å². The monoisotopic (exact) mass is 279 g/mol. The molecule has 0 aromatic carbocycles. The van der Waals surface area contributed by atoms with Crippen molar-refractivity contribution >= 4 is 0 Å². The molecule has 0 saturated carbocycles. The summed E-state index contributed by atoms with van der Waals surface area (Å²) in [4.78, 5) is 0. The van der Waals surface area contributed by atoms with Crippen LogP contribution in [0.25, 0.3) is 0 Å². The molecule has 2 unspecified atom stereocenters. The fourth-order valence-corrected chi connectivity index (χ4v) is 3.19. The van der Waals surface area contributed by atoms with E-state index in [1.165, 1.54) is 49.1 Å². The fourth-order valence-electron chi connectivity index (χ4n) is 3.19. The van der Waals surface area contributed by atoms with Crippen molar-refractivity contribution < 1.29 is 4.74 Å². The minimum absolute atomic E-state index is 0.507. The number of hydrogen-bond acceptors (Lipinski definition) is 3. The number of aromatic nitrogens is 2. The Bertz CT molecular complexity index is 422. The highest BCUT2D eigenvalue weighted by atomic mass is 16.5. The number of hydrogen-bond donors (Lipinski definition) is 1. The highest BCUT2D eigenvalue weighted by Crippen LogP contribution is 2.20. The molecule has 2 heterocycles. The molecular formula is C16H29N3O. The van der Waals surface area contributed by atoms with Crippen LogP contribution in [0.15, 0.2) is 0 Å². The van der Waals surface area contributed by atoms with Crippen molar-refractivity contribution in [1.82, 2.24) is 15.1 Å². The van der Waals surface area contributed by atoms with Crippen molar-refractivity contribution in [2.75, 3.05) is 13.7 Å². The van der Waals surface area contributed by atoms with Gasteiger partial charge in [-0.3, -0.25) is 4.68 Å². The van der Waals surface area contributed by atoms with Crippen LogP contribution in [0.4, 0.5) is 0 Å². The molecule has 0 radical (unpaired) electrons. The van der Waals surface area contributed by atoms with Crippen LogP contribution in [0.2, 0.25) is 0 Å². The molecule has 4 heteroatoms. The Labute approximate surface area is 122 Å². The highest BCUT2D eigenvalue weighted by Gasteiger charge is 2.18. The highest BCUT2D eigenvalue weighted by molar-refractivity contribution is 5.24. The van der Waals surface area contributed by atoms with Crippen molar-refractivity contribution in [3.63, 3.8) is 0 Å². The van der Waals surface area contributed by atoms with Gasteiger partial charge in [0, 0.05) is 25.4 Å². The summed E-state index contributed by atoms with van der Waals surface area (Å²) in [7, 11) is 4.10. The van der Waals surface area contributed by atoms with Gasteiger partial charge in [0.05, 0.1) is 11.8 Å². The smallest absolute Gasteiger partial charge is 0.0628 e.